The normalized spacial score (nSPS) is 11.6. The van der Waals surface area contributed by atoms with Crippen LogP contribution in [0.2, 0.25) is 0 Å². The Bertz CT molecular complexity index is 724. The summed E-state index contributed by atoms with van der Waals surface area (Å²) in [5.41, 5.74) is 6.41. The van der Waals surface area contributed by atoms with E-state index in [0.29, 0.717) is 5.92 Å². The molecule has 3 rings (SSSR count). The van der Waals surface area contributed by atoms with E-state index in [0.717, 1.165) is 20.9 Å². The molecule has 0 aliphatic rings. The quantitative estimate of drug-likeness (QED) is 0.551. The van der Waals surface area contributed by atoms with Gasteiger partial charge in [0.1, 0.15) is 0 Å². The standard InChI is InChI=1S/C17H17N3S/c1-12(2)14-9-7-13(8-10-14)11-18-20-17-19-15-5-3-4-6-16(15)21-17/h3-12H,1-2H3,(H,19,20)/b18-11+. The molecule has 0 spiro atoms. The summed E-state index contributed by atoms with van der Waals surface area (Å²) in [5, 5.41) is 5.07. The van der Waals surface area contributed by atoms with Crippen LogP contribution in [0.25, 0.3) is 10.2 Å². The van der Waals surface area contributed by atoms with Crippen molar-refractivity contribution in [2.24, 2.45) is 5.10 Å². The number of aromatic nitrogens is 1. The molecule has 106 valence electrons. The minimum absolute atomic E-state index is 0.553. The van der Waals surface area contributed by atoms with Crippen molar-refractivity contribution in [3.8, 4) is 0 Å². The van der Waals surface area contributed by atoms with Gasteiger partial charge in [-0.3, -0.25) is 5.43 Å². The minimum atomic E-state index is 0.553. The second-order valence-corrected chi connectivity index (χ2v) is 6.21. The van der Waals surface area contributed by atoms with Crippen LogP contribution in [0, 0.1) is 0 Å². The molecular weight excluding hydrogens is 278 g/mol. The summed E-state index contributed by atoms with van der Waals surface area (Å²) in [4.78, 5) is 4.47. The fourth-order valence-corrected chi connectivity index (χ4v) is 2.86. The maximum absolute atomic E-state index is 4.47. The molecule has 3 nitrogen and oxygen atoms in total. The third-order valence-electron chi connectivity index (χ3n) is 3.27. The first-order chi connectivity index (χ1) is 10.2. The molecule has 0 aliphatic carbocycles. The van der Waals surface area contributed by atoms with Crippen molar-refractivity contribution in [3.05, 3.63) is 59.7 Å². The van der Waals surface area contributed by atoms with Crippen molar-refractivity contribution >= 4 is 32.9 Å². The van der Waals surface area contributed by atoms with Crippen LogP contribution in [-0.4, -0.2) is 11.2 Å². The number of hydrogen-bond acceptors (Lipinski definition) is 4. The summed E-state index contributed by atoms with van der Waals surface area (Å²) in [6.07, 6.45) is 1.82. The first-order valence-corrected chi connectivity index (χ1v) is 7.78. The van der Waals surface area contributed by atoms with Crippen LogP contribution in [0.15, 0.2) is 53.6 Å². The van der Waals surface area contributed by atoms with Crippen LogP contribution in [0.1, 0.15) is 30.9 Å². The van der Waals surface area contributed by atoms with Gasteiger partial charge in [0.2, 0.25) is 5.13 Å². The maximum atomic E-state index is 4.47. The number of nitrogens with one attached hydrogen (secondary N) is 1. The van der Waals surface area contributed by atoms with E-state index in [1.54, 1.807) is 11.3 Å². The van der Waals surface area contributed by atoms with Crippen LogP contribution in [-0.2, 0) is 0 Å². The number of hydrazone groups is 1. The van der Waals surface area contributed by atoms with Gasteiger partial charge in [0.15, 0.2) is 0 Å². The van der Waals surface area contributed by atoms with Crippen molar-refractivity contribution < 1.29 is 0 Å². The monoisotopic (exact) mass is 295 g/mol. The number of rotatable bonds is 4. The molecule has 0 fully saturated rings. The van der Waals surface area contributed by atoms with Crippen molar-refractivity contribution in [1.82, 2.24) is 4.98 Å². The topological polar surface area (TPSA) is 37.3 Å². The lowest BCUT2D eigenvalue weighted by Crippen LogP contribution is -1.91. The highest BCUT2D eigenvalue weighted by atomic mass is 32.1. The number of anilines is 1. The molecule has 3 aromatic rings. The van der Waals surface area contributed by atoms with E-state index < -0.39 is 0 Å². The van der Waals surface area contributed by atoms with Crippen LogP contribution < -0.4 is 5.43 Å². The van der Waals surface area contributed by atoms with Gasteiger partial charge in [-0.05, 0) is 29.2 Å². The molecule has 0 atom stereocenters. The Kier molecular flexibility index (Phi) is 3.97. The molecule has 0 radical (unpaired) electrons. The predicted molar refractivity (Wildman–Crippen MR) is 91.4 cm³/mol. The predicted octanol–water partition coefficient (Wildman–Crippen LogP) is 4.87. The third-order valence-corrected chi connectivity index (χ3v) is 4.21. The zero-order valence-electron chi connectivity index (χ0n) is 12.1. The van der Waals surface area contributed by atoms with E-state index >= 15 is 0 Å². The fourth-order valence-electron chi connectivity index (χ4n) is 2.05. The smallest absolute Gasteiger partial charge is 0.204 e. The van der Waals surface area contributed by atoms with Crippen molar-refractivity contribution in [2.75, 3.05) is 5.43 Å². The van der Waals surface area contributed by atoms with E-state index in [-0.39, 0.29) is 0 Å². The van der Waals surface area contributed by atoms with Gasteiger partial charge in [-0.1, -0.05) is 61.6 Å². The number of hydrogen-bond donors (Lipinski definition) is 1. The molecule has 0 aliphatic heterocycles. The maximum Gasteiger partial charge on any atom is 0.204 e. The third kappa shape index (κ3) is 3.28. The number of nitrogens with zero attached hydrogens (tertiary/aromatic N) is 2. The van der Waals surface area contributed by atoms with Gasteiger partial charge in [-0.15, -0.1) is 0 Å². The molecule has 0 saturated heterocycles. The van der Waals surface area contributed by atoms with Crippen LogP contribution in [0.5, 0.6) is 0 Å². The zero-order valence-corrected chi connectivity index (χ0v) is 12.9. The molecular formula is C17H17N3S. The Hall–Kier alpha value is -2.20. The van der Waals surface area contributed by atoms with Gasteiger partial charge in [0, 0.05) is 0 Å². The van der Waals surface area contributed by atoms with Gasteiger partial charge < -0.3 is 0 Å². The van der Waals surface area contributed by atoms with E-state index in [2.05, 4.69) is 59.7 Å². The fraction of sp³-hybridized carbons (Fsp3) is 0.176. The Balaban J connectivity index is 1.68. The van der Waals surface area contributed by atoms with Gasteiger partial charge in [-0.25, -0.2) is 4.98 Å². The number of para-hydroxylation sites is 1. The van der Waals surface area contributed by atoms with Crippen LogP contribution >= 0.6 is 11.3 Å². The lowest BCUT2D eigenvalue weighted by Gasteiger charge is -2.04. The highest BCUT2D eigenvalue weighted by Crippen LogP contribution is 2.25. The van der Waals surface area contributed by atoms with E-state index in [1.807, 2.05) is 24.4 Å². The Morgan fingerprint density at radius 1 is 1.10 bits per heavy atom. The molecule has 1 heterocycles. The lowest BCUT2D eigenvalue weighted by molar-refractivity contribution is 0.866. The average molecular weight is 295 g/mol. The lowest BCUT2D eigenvalue weighted by atomic mass is 10.0. The van der Waals surface area contributed by atoms with Gasteiger partial charge in [0.05, 0.1) is 16.4 Å². The summed E-state index contributed by atoms with van der Waals surface area (Å²) < 4.78 is 1.16. The molecule has 2 aromatic carbocycles. The Morgan fingerprint density at radius 2 is 1.86 bits per heavy atom. The Morgan fingerprint density at radius 3 is 2.57 bits per heavy atom. The second-order valence-electron chi connectivity index (χ2n) is 5.18. The van der Waals surface area contributed by atoms with E-state index in [4.69, 9.17) is 0 Å². The molecule has 1 N–H and O–H groups in total. The molecule has 0 unspecified atom stereocenters. The molecule has 0 amide bonds. The highest BCUT2D eigenvalue weighted by Gasteiger charge is 2.01. The summed E-state index contributed by atoms with van der Waals surface area (Å²) in [6.45, 7) is 4.38. The molecule has 0 saturated carbocycles. The number of fused-ring (bicyclic) bond motifs is 1. The molecule has 4 heteroatoms. The minimum Gasteiger partial charge on any atom is -0.253 e. The van der Waals surface area contributed by atoms with Gasteiger partial charge in [-0.2, -0.15) is 5.10 Å². The van der Waals surface area contributed by atoms with Gasteiger partial charge in [0.25, 0.3) is 0 Å². The number of thiazole rings is 1. The zero-order chi connectivity index (χ0) is 14.7. The second kappa shape index (κ2) is 6.06. The highest BCUT2D eigenvalue weighted by molar-refractivity contribution is 7.22. The van der Waals surface area contributed by atoms with E-state index in [9.17, 15) is 0 Å². The van der Waals surface area contributed by atoms with Crippen molar-refractivity contribution in [3.63, 3.8) is 0 Å². The summed E-state index contributed by atoms with van der Waals surface area (Å²) in [7, 11) is 0. The van der Waals surface area contributed by atoms with Gasteiger partial charge >= 0.3 is 0 Å². The van der Waals surface area contributed by atoms with Crippen molar-refractivity contribution in [2.45, 2.75) is 19.8 Å². The summed E-state index contributed by atoms with van der Waals surface area (Å²) in [5.74, 6) is 0.553. The van der Waals surface area contributed by atoms with Crippen LogP contribution in [0.4, 0.5) is 5.13 Å². The Labute approximate surface area is 128 Å². The number of benzene rings is 2. The average Bonchev–Trinajstić information content (AvgIpc) is 2.90. The SMILES string of the molecule is CC(C)c1ccc(/C=N/Nc2nc3ccccc3s2)cc1. The molecule has 1 aromatic heterocycles. The van der Waals surface area contributed by atoms with Crippen molar-refractivity contribution in [1.29, 1.82) is 0 Å². The largest absolute Gasteiger partial charge is 0.253 e. The molecule has 21 heavy (non-hydrogen) atoms. The molecule has 0 bridgehead atoms. The first-order valence-electron chi connectivity index (χ1n) is 6.97. The van der Waals surface area contributed by atoms with Crippen LogP contribution in [0.3, 0.4) is 0 Å². The first kappa shape index (κ1) is 13.8. The summed E-state index contributed by atoms with van der Waals surface area (Å²) in [6, 6.07) is 16.5. The summed E-state index contributed by atoms with van der Waals surface area (Å²) >= 11 is 1.60. The van der Waals surface area contributed by atoms with E-state index in [1.165, 1.54) is 5.56 Å².